The number of thioether (sulfide) groups is 1. The summed E-state index contributed by atoms with van der Waals surface area (Å²) in [6, 6.07) is 2.81. The minimum Gasteiger partial charge on any atom is -0.495 e. The SMILES string of the molecule is COc1cc(OC)c(S(=O)(=O)NCCC(C)SC)cc1N. The summed E-state index contributed by atoms with van der Waals surface area (Å²) >= 11 is 1.69. The Morgan fingerprint density at radius 2 is 1.90 bits per heavy atom. The third kappa shape index (κ3) is 4.69. The summed E-state index contributed by atoms with van der Waals surface area (Å²) in [5.74, 6) is 0.577. The summed E-state index contributed by atoms with van der Waals surface area (Å²) < 4.78 is 37.4. The number of anilines is 1. The largest absolute Gasteiger partial charge is 0.495 e. The molecule has 3 N–H and O–H groups in total. The summed E-state index contributed by atoms with van der Waals surface area (Å²) in [6.45, 7) is 2.41. The molecule has 0 aromatic heterocycles. The molecule has 0 aliphatic rings. The predicted molar refractivity (Wildman–Crippen MR) is 86.7 cm³/mol. The van der Waals surface area contributed by atoms with Gasteiger partial charge in [-0.3, -0.25) is 0 Å². The van der Waals surface area contributed by atoms with E-state index in [4.69, 9.17) is 15.2 Å². The molecule has 0 spiro atoms. The second kappa shape index (κ2) is 7.77. The van der Waals surface area contributed by atoms with Crippen LogP contribution in [0.5, 0.6) is 11.5 Å². The normalized spacial score (nSPS) is 13.0. The van der Waals surface area contributed by atoms with Gasteiger partial charge in [-0.05, 0) is 18.7 Å². The van der Waals surface area contributed by atoms with Crippen molar-refractivity contribution in [1.29, 1.82) is 0 Å². The first kappa shape index (κ1) is 17.9. The van der Waals surface area contributed by atoms with E-state index in [-0.39, 0.29) is 16.3 Å². The molecule has 0 amide bonds. The molecule has 0 radical (unpaired) electrons. The van der Waals surface area contributed by atoms with Gasteiger partial charge in [0, 0.05) is 17.9 Å². The van der Waals surface area contributed by atoms with E-state index in [0.717, 1.165) is 6.42 Å². The van der Waals surface area contributed by atoms with Crippen molar-refractivity contribution >= 4 is 27.5 Å². The molecule has 8 heteroatoms. The Morgan fingerprint density at radius 1 is 1.29 bits per heavy atom. The highest BCUT2D eigenvalue weighted by molar-refractivity contribution is 7.99. The van der Waals surface area contributed by atoms with Gasteiger partial charge in [0.2, 0.25) is 10.0 Å². The van der Waals surface area contributed by atoms with Crippen LogP contribution in [0.1, 0.15) is 13.3 Å². The maximum Gasteiger partial charge on any atom is 0.244 e. The lowest BCUT2D eigenvalue weighted by Gasteiger charge is -2.14. The molecule has 1 atom stereocenters. The number of sulfonamides is 1. The highest BCUT2D eigenvalue weighted by atomic mass is 32.2. The fraction of sp³-hybridized carbons (Fsp3) is 0.538. The quantitative estimate of drug-likeness (QED) is 0.703. The first-order chi connectivity index (χ1) is 9.85. The lowest BCUT2D eigenvalue weighted by Crippen LogP contribution is -2.26. The first-order valence-corrected chi connectivity index (χ1v) is 9.16. The van der Waals surface area contributed by atoms with Crippen LogP contribution in [-0.4, -0.2) is 40.7 Å². The van der Waals surface area contributed by atoms with Crippen LogP contribution in [0.15, 0.2) is 17.0 Å². The summed E-state index contributed by atoms with van der Waals surface area (Å²) in [5, 5.41) is 0.385. The van der Waals surface area contributed by atoms with E-state index >= 15 is 0 Å². The van der Waals surface area contributed by atoms with Gasteiger partial charge in [0.1, 0.15) is 16.4 Å². The lowest BCUT2D eigenvalue weighted by molar-refractivity contribution is 0.387. The van der Waals surface area contributed by atoms with Crippen molar-refractivity contribution in [1.82, 2.24) is 4.72 Å². The molecule has 0 saturated carbocycles. The molecule has 1 aromatic rings. The van der Waals surface area contributed by atoms with Gasteiger partial charge in [-0.25, -0.2) is 13.1 Å². The fourth-order valence-electron chi connectivity index (χ4n) is 1.70. The van der Waals surface area contributed by atoms with Crippen molar-refractivity contribution in [3.05, 3.63) is 12.1 Å². The van der Waals surface area contributed by atoms with Crippen molar-refractivity contribution in [3.63, 3.8) is 0 Å². The van der Waals surface area contributed by atoms with Crippen LogP contribution in [0.4, 0.5) is 5.69 Å². The van der Waals surface area contributed by atoms with E-state index in [1.54, 1.807) is 11.8 Å². The second-order valence-corrected chi connectivity index (χ2v) is 7.49. The van der Waals surface area contributed by atoms with Crippen LogP contribution in [0.3, 0.4) is 0 Å². The highest BCUT2D eigenvalue weighted by Gasteiger charge is 2.21. The van der Waals surface area contributed by atoms with E-state index in [0.29, 0.717) is 17.5 Å². The van der Waals surface area contributed by atoms with Crippen molar-refractivity contribution < 1.29 is 17.9 Å². The molecule has 0 bridgehead atoms. The topological polar surface area (TPSA) is 90.6 Å². The third-order valence-electron chi connectivity index (χ3n) is 3.05. The summed E-state index contributed by atoms with van der Waals surface area (Å²) in [7, 11) is -0.812. The number of hydrogen-bond acceptors (Lipinski definition) is 6. The van der Waals surface area contributed by atoms with E-state index in [9.17, 15) is 8.42 Å². The molecule has 1 aromatic carbocycles. The van der Waals surface area contributed by atoms with E-state index in [1.807, 2.05) is 13.2 Å². The van der Waals surface area contributed by atoms with Gasteiger partial charge in [-0.15, -0.1) is 0 Å². The number of hydrogen-bond donors (Lipinski definition) is 2. The maximum atomic E-state index is 12.3. The number of nitrogen functional groups attached to an aromatic ring is 1. The van der Waals surface area contributed by atoms with Gasteiger partial charge in [0.15, 0.2) is 0 Å². The standard InChI is InChI=1S/C13H22N2O4S2/c1-9(20-4)5-6-15-21(16,17)13-7-10(14)11(18-2)8-12(13)19-3/h7-9,15H,5-6,14H2,1-4H3. The van der Waals surface area contributed by atoms with E-state index in [2.05, 4.69) is 4.72 Å². The van der Waals surface area contributed by atoms with Gasteiger partial charge >= 0.3 is 0 Å². The van der Waals surface area contributed by atoms with Crippen LogP contribution >= 0.6 is 11.8 Å². The molecular weight excluding hydrogens is 312 g/mol. The van der Waals surface area contributed by atoms with E-state index < -0.39 is 10.0 Å². The summed E-state index contributed by atoms with van der Waals surface area (Å²) in [4.78, 5) is 0.0140. The highest BCUT2D eigenvalue weighted by Crippen LogP contribution is 2.33. The van der Waals surface area contributed by atoms with Crippen LogP contribution in [0, 0.1) is 0 Å². The number of benzene rings is 1. The molecule has 6 nitrogen and oxygen atoms in total. The minimum atomic E-state index is -3.67. The van der Waals surface area contributed by atoms with Gasteiger partial charge in [0.05, 0.1) is 19.9 Å². The number of methoxy groups -OCH3 is 2. The average molecular weight is 334 g/mol. The zero-order valence-corrected chi connectivity index (χ0v) is 14.3. The van der Waals surface area contributed by atoms with Crippen LogP contribution in [0.2, 0.25) is 0 Å². The zero-order valence-electron chi connectivity index (χ0n) is 12.7. The smallest absolute Gasteiger partial charge is 0.244 e. The molecule has 0 aliphatic heterocycles. The molecular formula is C13H22N2O4S2. The molecule has 0 fully saturated rings. The van der Waals surface area contributed by atoms with Crippen molar-refractivity contribution in [2.45, 2.75) is 23.5 Å². The van der Waals surface area contributed by atoms with Crippen molar-refractivity contribution in [3.8, 4) is 11.5 Å². The Hall–Kier alpha value is -1.12. The Balaban J connectivity index is 2.99. The molecule has 0 saturated heterocycles. The van der Waals surface area contributed by atoms with Gasteiger partial charge in [-0.1, -0.05) is 6.92 Å². The number of ether oxygens (including phenoxy) is 2. The molecule has 0 heterocycles. The Labute approximate surface area is 130 Å². The predicted octanol–water partition coefficient (Wildman–Crippen LogP) is 1.71. The van der Waals surface area contributed by atoms with Gasteiger partial charge < -0.3 is 15.2 Å². The van der Waals surface area contributed by atoms with Crippen LogP contribution in [-0.2, 0) is 10.0 Å². The Kier molecular flexibility index (Phi) is 6.63. The molecule has 0 aliphatic carbocycles. The maximum absolute atomic E-state index is 12.3. The monoisotopic (exact) mass is 334 g/mol. The Bertz CT molecular complexity index is 576. The molecule has 1 unspecified atom stereocenters. The lowest BCUT2D eigenvalue weighted by atomic mass is 10.3. The van der Waals surface area contributed by atoms with Gasteiger partial charge in [-0.2, -0.15) is 11.8 Å². The second-order valence-electron chi connectivity index (χ2n) is 4.48. The van der Waals surface area contributed by atoms with E-state index in [1.165, 1.54) is 26.4 Å². The summed E-state index contributed by atoms with van der Waals surface area (Å²) in [5.41, 5.74) is 6.02. The summed E-state index contributed by atoms with van der Waals surface area (Å²) in [6.07, 6.45) is 2.74. The first-order valence-electron chi connectivity index (χ1n) is 6.39. The molecule has 1 rings (SSSR count). The molecule has 120 valence electrons. The number of rotatable bonds is 8. The number of nitrogens with one attached hydrogen (secondary N) is 1. The average Bonchev–Trinajstić information content (AvgIpc) is 2.46. The van der Waals surface area contributed by atoms with Crippen LogP contribution < -0.4 is 19.9 Å². The zero-order chi connectivity index (χ0) is 16.0. The Morgan fingerprint density at radius 3 is 2.43 bits per heavy atom. The molecule has 21 heavy (non-hydrogen) atoms. The van der Waals surface area contributed by atoms with Crippen molar-refractivity contribution in [2.75, 3.05) is 32.8 Å². The number of nitrogens with two attached hydrogens (primary N) is 1. The third-order valence-corrected chi connectivity index (χ3v) is 5.57. The fourth-order valence-corrected chi connectivity index (χ4v) is 3.28. The van der Waals surface area contributed by atoms with Gasteiger partial charge in [0.25, 0.3) is 0 Å². The minimum absolute atomic E-state index is 0.0140. The van der Waals surface area contributed by atoms with Crippen molar-refractivity contribution in [2.24, 2.45) is 0 Å². The van der Waals surface area contributed by atoms with Crippen LogP contribution in [0.25, 0.3) is 0 Å².